The summed E-state index contributed by atoms with van der Waals surface area (Å²) in [5, 5.41) is 10.2. The van der Waals surface area contributed by atoms with Crippen LogP contribution in [0.5, 0.6) is 5.88 Å². The van der Waals surface area contributed by atoms with Crippen molar-refractivity contribution >= 4 is 5.65 Å². The smallest absolute Gasteiger partial charge is 0.419 e. The number of pyridine rings is 1. The van der Waals surface area contributed by atoms with Gasteiger partial charge in [-0.05, 0) is 12.1 Å². The molecule has 0 saturated heterocycles. The molecule has 0 aliphatic heterocycles. The number of aromatic hydroxyl groups is 1. The average molecular weight is 339 g/mol. The van der Waals surface area contributed by atoms with Crippen molar-refractivity contribution in [1.82, 2.24) is 4.40 Å². The molecule has 3 rings (SSSR count). The third-order valence-electron chi connectivity index (χ3n) is 3.73. The summed E-state index contributed by atoms with van der Waals surface area (Å²) in [6, 6.07) is 7.29. The van der Waals surface area contributed by atoms with Gasteiger partial charge in [0, 0.05) is 11.6 Å². The number of benzene rings is 1. The van der Waals surface area contributed by atoms with Crippen molar-refractivity contribution in [3.63, 3.8) is 0 Å². The number of aromatic nitrogens is 2. The molecule has 1 N–H and O–H groups in total. The highest BCUT2D eigenvalue weighted by Crippen LogP contribution is 2.36. The topological polar surface area (TPSA) is 45.6 Å². The molecule has 2 heterocycles. The number of fused-ring (bicyclic) bond motifs is 1. The first-order valence-corrected chi connectivity index (χ1v) is 6.82. The van der Waals surface area contributed by atoms with Crippen molar-refractivity contribution in [3.05, 3.63) is 64.3 Å². The Balaban J connectivity index is 2.43. The van der Waals surface area contributed by atoms with Crippen LogP contribution in [0.15, 0.2) is 47.4 Å². The highest BCUT2D eigenvalue weighted by Gasteiger charge is 2.36. The first-order valence-electron chi connectivity index (χ1n) is 6.82. The Hall–Kier alpha value is -2.90. The molecule has 24 heavy (non-hydrogen) atoms. The van der Waals surface area contributed by atoms with Crippen LogP contribution < -0.4 is 10.1 Å². The minimum Gasteiger partial charge on any atom is -0.477 e. The summed E-state index contributed by atoms with van der Waals surface area (Å²) >= 11 is 0. The maximum atomic E-state index is 14.4. The molecular formula is C16H11F4N2O2+. The summed E-state index contributed by atoms with van der Waals surface area (Å²) in [4.78, 5) is 12.6. The van der Waals surface area contributed by atoms with Crippen LogP contribution in [0.1, 0.15) is 5.56 Å². The molecule has 0 fully saturated rings. The lowest BCUT2D eigenvalue weighted by Crippen LogP contribution is -2.37. The zero-order chi connectivity index (χ0) is 17.6. The van der Waals surface area contributed by atoms with Crippen molar-refractivity contribution in [2.45, 2.75) is 6.18 Å². The van der Waals surface area contributed by atoms with Crippen LogP contribution in [-0.4, -0.2) is 9.51 Å². The molecule has 0 aliphatic rings. The van der Waals surface area contributed by atoms with E-state index in [-0.39, 0.29) is 0 Å². The molecule has 0 unspecified atom stereocenters. The zero-order valence-electron chi connectivity index (χ0n) is 12.3. The van der Waals surface area contributed by atoms with Crippen molar-refractivity contribution in [1.29, 1.82) is 0 Å². The number of hydrogen-bond acceptors (Lipinski definition) is 2. The first-order chi connectivity index (χ1) is 11.2. The van der Waals surface area contributed by atoms with Crippen molar-refractivity contribution < 1.29 is 27.2 Å². The number of nitrogens with zero attached hydrogens (tertiary/aromatic N) is 2. The molecule has 3 aromatic rings. The van der Waals surface area contributed by atoms with Crippen molar-refractivity contribution in [2.24, 2.45) is 7.05 Å². The summed E-state index contributed by atoms with van der Waals surface area (Å²) in [6.07, 6.45) is -3.53. The Labute approximate surface area is 132 Å². The lowest BCUT2D eigenvalue weighted by molar-refractivity contribution is -0.654. The second-order valence-electron chi connectivity index (χ2n) is 5.16. The number of rotatable bonds is 1. The largest absolute Gasteiger partial charge is 0.477 e. The third-order valence-corrected chi connectivity index (χ3v) is 3.73. The molecule has 0 atom stereocenters. The molecule has 8 heteroatoms. The van der Waals surface area contributed by atoms with E-state index in [1.807, 2.05) is 0 Å². The molecule has 2 aromatic heterocycles. The van der Waals surface area contributed by atoms with E-state index in [9.17, 15) is 27.5 Å². The first kappa shape index (κ1) is 16.0. The second kappa shape index (κ2) is 5.33. The highest BCUT2D eigenvalue weighted by molar-refractivity contribution is 5.68. The summed E-state index contributed by atoms with van der Waals surface area (Å²) in [5.74, 6) is -2.22. The quantitative estimate of drug-likeness (QED) is 0.547. The molecular weight excluding hydrogens is 328 g/mol. The lowest BCUT2D eigenvalue weighted by Gasteiger charge is -2.11. The summed E-state index contributed by atoms with van der Waals surface area (Å²) in [5.41, 5.74) is -3.17. The monoisotopic (exact) mass is 339 g/mol. The van der Waals surface area contributed by atoms with Gasteiger partial charge < -0.3 is 5.11 Å². The SMILES string of the molecule is C[n+]1c(O)c(-c2cccc(C(F)(F)F)c2F)c(=O)n2ccccc21. The van der Waals surface area contributed by atoms with Gasteiger partial charge in [-0.25, -0.2) is 9.18 Å². The van der Waals surface area contributed by atoms with Gasteiger partial charge in [0.15, 0.2) is 5.56 Å². The number of aryl methyl sites for hydroxylation is 1. The molecule has 0 aliphatic carbocycles. The fourth-order valence-electron chi connectivity index (χ4n) is 2.55. The minimum atomic E-state index is -4.91. The van der Waals surface area contributed by atoms with Gasteiger partial charge in [0.25, 0.3) is 11.5 Å². The molecule has 0 saturated carbocycles. The van der Waals surface area contributed by atoms with E-state index < -0.39 is 40.1 Å². The van der Waals surface area contributed by atoms with Crippen molar-refractivity contribution in [2.75, 3.05) is 0 Å². The van der Waals surface area contributed by atoms with Gasteiger partial charge in [-0.15, -0.1) is 0 Å². The summed E-state index contributed by atoms with van der Waals surface area (Å²) in [6.45, 7) is 0. The van der Waals surface area contributed by atoms with E-state index >= 15 is 0 Å². The van der Waals surface area contributed by atoms with Crippen molar-refractivity contribution in [3.8, 4) is 17.0 Å². The van der Waals surface area contributed by atoms with Crippen LogP contribution in [0.3, 0.4) is 0 Å². The zero-order valence-corrected chi connectivity index (χ0v) is 12.3. The van der Waals surface area contributed by atoms with Gasteiger partial charge in [0.2, 0.25) is 0 Å². The Morgan fingerprint density at radius 1 is 1.12 bits per heavy atom. The molecule has 0 radical (unpaired) electrons. The third kappa shape index (κ3) is 2.31. The normalized spacial score (nSPS) is 11.9. The second-order valence-corrected chi connectivity index (χ2v) is 5.16. The predicted molar refractivity (Wildman–Crippen MR) is 76.9 cm³/mol. The Bertz CT molecular complexity index is 1010. The van der Waals surface area contributed by atoms with Gasteiger partial charge in [0.05, 0.1) is 18.8 Å². The summed E-state index contributed by atoms with van der Waals surface area (Å²) in [7, 11) is 1.42. The average Bonchev–Trinajstić information content (AvgIpc) is 2.53. The van der Waals surface area contributed by atoms with Crippen LogP contribution in [0.25, 0.3) is 16.8 Å². The van der Waals surface area contributed by atoms with Gasteiger partial charge in [-0.3, -0.25) is 0 Å². The van der Waals surface area contributed by atoms with E-state index in [0.29, 0.717) is 11.7 Å². The van der Waals surface area contributed by atoms with E-state index in [4.69, 9.17) is 0 Å². The summed E-state index contributed by atoms with van der Waals surface area (Å²) < 4.78 is 55.3. The molecule has 0 spiro atoms. The lowest BCUT2D eigenvalue weighted by atomic mass is 10.0. The van der Waals surface area contributed by atoms with E-state index in [1.54, 1.807) is 6.07 Å². The van der Waals surface area contributed by atoms with Gasteiger partial charge in [-0.1, -0.05) is 18.2 Å². The number of hydrogen-bond donors (Lipinski definition) is 1. The number of halogens is 4. The van der Waals surface area contributed by atoms with E-state index in [1.165, 1.54) is 29.9 Å². The van der Waals surface area contributed by atoms with E-state index in [2.05, 4.69) is 0 Å². The fraction of sp³-hybridized carbons (Fsp3) is 0.125. The highest BCUT2D eigenvalue weighted by atomic mass is 19.4. The minimum absolute atomic E-state index is 0.302. The Morgan fingerprint density at radius 3 is 2.50 bits per heavy atom. The van der Waals surface area contributed by atoms with Crippen LogP contribution in [0.2, 0.25) is 0 Å². The van der Waals surface area contributed by atoms with Crippen LogP contribution in [0.4, 0.5) is 17.6 Å². The fourth-order valence-corrected chi connectivity index (χ4v) is 2.55. The molecule has 4 nitrogen and oxygen atoms in total. The Morgan fingerprint density at radius 2 is 1.83 bits per heavy atom. The van der Waals surface area contributed by atoms with Gasteiger partial charge in [-0.2, -0.15) is 22.1 Å². The standard InChI is InChI=1S/C16H10F4N2O2/c1-21-11-7-2-3-8-22(11)15(24)12(14(21)23)9-5-4-6-10(13(9)17)16(18,19)20/h2-8H,1H3/p+1. The van der Waals surface area contributed by atoms with Crippen LogP contribution >= 0.6 is 0 Å². The van der Waals surface area contributed by atoms with Crippen LogP contribution in [0, 0.1) is 5.82 Å². The molecule has 124 valence electrons. The maximum absolute atomic E-state index is 14.4. The molecule has 1 aromatic carbocycles. The van der Waals surface area contributed by atoms with Gasteiger partial charge >= 0.3 is 11.7 Å². The maximum Gasteiger partial charge on any atom is 0.419 e. The Kier molecular flexibility index (Phi) is 3.55. The van der Waals surface area contributed by atoms with Crippen LogP contribution in [-0.2, 0) is 13.2 Å². The van der Waals surface area contributed by atoms with E-state index in [0.717, 1.165) is 16.5 Å². The molecule has 0 amide bonds. The predicted octanol–water partition coefficient (Wildman–Crippen LogP) is 2.65. The van der Waals surface area contributed by atoms with Gasteiger partial charge in [0.1, 0.15) is 5.82 Å². The number of alkyl halides is 3. The molecule has 0 bridgehead atoms.